The number of carbonyl (C=O) groups excluding carboxylic acids is 2. The average Bonchev–Trinajstić information content (AvgIpc) is 2.76. The summed E-state index contributed by atoms with van der Waals surface area (Å²) in [6, 6.07) is 14.8. The van der Waals surface area contributed by atoms with E-state index in [0.29, 0.717) is 17.8 Å². The number of carbonyl (C=O) groups is 2. The Morgan fingerprint density at radius 1 is 1.00 bits per heavy atom. The normalized spacial score (nSPS) is 22.1. The van der Waals surface area contributed by atoms with Crippen molar-refractivity contribution in [3.05, 3.63) is 59.7 Å². The second-order valence-electron chi connectivity index (χ2n) is 5.44. The van der Waals surface area contributed by atoms with Crippen LogP contribution >= 0.6 is 0 Å². The number of hydrogen-bond donors (Lipinski definition) is 2. The Hall–Kier alpha value is -2.82. The molecule has 2 aliphatic rings. The Bertz CT molecular complexity index is 802. The van der Waals surface area contributed by atoms with Gasteiger partial charge in [-0.15, -0.1) is 0 Å². The van der Waals surface area contributed by atoms with Crippen molar-refractivity contribution in [1.29, 1.82) is 0 Å². The van der Waals surface area contributed by atoms with Crippen LogP contribution in [0.4, 0.5) is 11.4 Å². The van der Waals surface area contributed by atoms with E-state index in [1.165, 1.54) is 0 Å². The lowest BCUT2D eigenvalue weighted by atomic mass is 9.96. The molecule has 0 saturated carbocycles. The number of nitrogens with one attached hydrogen (secondary N) is 2. The highest BCUT2D eigenvalue weighted by molar-refractivity contribution is 6.15. The van der Waals surface area contributed by atoms with Crippen LogP contribution in [0, 0.1) is 0 Å². The Morgan fingerprint density at radius 3 is 2.55 bits per heavy atom. The second-order valence-corrected chi connectivity index (χ2v) is 5.44. The number of hydrogen-bond acceptors (Lipinski definition) is 3. The second kappa shape index (κ2) is 4.34. The van der Waals surface area contributed by atoms with Crippen LogP contribution in [-0.2, 0) is 10.5 Å². The molecular formula is C17H15N3O2. The Kier molecular flexibility index (Phi) is 2.54. The number of para-hydroxylation sites is 2. The number of nitrogens with zero attached hydrogens (tertiary/aromatic N) is 1. The number of rotatable bonds is 1. The van der Waals surface area contributed by atoms with Gasteiger partial charge in [0.15, 0.2) is 0 Å². The third kappa shape index (κ3) is 1.48. The van der Waals surface area contributed by atoms with E-state index in [-0.39, 0.29) is 11.8 Å². The van der Waals surface area contributed by atoms with Gasteiger partial charge in [-0.05, 0) is 25.1 Å². The smallest absolute Gasteiger partial charge is 0.278 e. The van der Waals surface area contributed by atoms with Crippen molar-refractivity contribution in [1.82, 2.24) is 5.32 Å². The number of benzene rings is 2. The first-order valence-corrected chi connectivity index (χ1v) is 7.28. The molecular weight excluding hydrogens is 278 g/mol. The van der Waals surface area contributed by atoms with E-state index in [1.807, 2.05) is 43.3 Å². The predicted molar refractivity (Wildman–Crippen MR) is 83.7 cm³/mol. The van der Waals surface area contributed by atoms with Gasteiger partial charge in [0, 0.05) is 17.8 Å². The van der Waals surface area contributed by atoms with Gasteiger partial charge in [0.25, 0.3) is 11.8 Å². The molecule has 2 heterocycles. The van der Waals surface area contributed by atoms with Crippen LogP contribution < -0.4 is 15.5 Å². The molecule has 2 aromatic carbocycles. The Morgan fingerprint density at radius 2 is 1.73 bits per heavy atom. The van der Waals surface area contributed by atoms with Crippen LogP contribution in [0.25, 0.3) is 0 Å². The third-order valence-electron chi connectivity index (χ3n) is 4.28. The van der Waals surface area contributed by atoms with E-state index in [1.54, 1.807) is 17.0 Å². The van der Waals surface area contributed by atoms with Crippen LogP contribution in [0.15, 0.2) is 48.5 Å². The first kappa shape index (κ1) is 12.9. The first-order chi connectivity index (χ1) is 10.7. The van der Waals surface area contributed by atoms with Crippen molar-refractivity contribution in [2.24, 2.45) is 0 Å². The van der Waals surface area contributed by atoms with Crippen LogP contribution in [0.5, 0.6) is 0 Å². The molecule has 110 valence electrons. The van der Waals surface area contributed by atoms with E-state index >= 15 is 0 Å². The minimum absolute atomic E-state index is 0.154. The molecule has 5 heteroatoms. The summed E-state index contributed by atoms with van der Waals surface area (Å²) >= 11 is 0. The molecule has 1 spiro atoms. The van der Waals surface area contributed by atoms with E-state index in [2.05, 4.69) is 10.6 Å². The summed E-state index contributed by atoms with van der Waals surface area (Å²) in [5.41, 5.74) is 1.63. The highest BCUT2D eigenvalue weighted by Crippen LogP contribution is 2.42. The van der Waals surface area contributed by atoms with Crippen LogP contribution in [0.3, 0.4) is 0 Å². The highest BCUT2D eigenvalue weighted by Gasteiger charge is 2.54. The van der Waals surface area contributed by atoms with Gasteiger partial charge in [0.1, 0.15) is 0 Å². The fourth-order valence-corrected chi connectivity index (χ4v) is 3.27. The van der Waals surface area contributed by atoms with Gasteiger partial charge in [-0.2, -0.15) is 0 Å². The molecule has 2 N–H and O–H groups in total. The fourth-order valence-electron chi connectivity index (χ4n) is 3.27. The predicted octanol–water partition coefficient (Wildman–Crippen LogP) is 2.06. The maximum Gasteiger partial charge on any atom is 0.278 e. The summed E-state index contributed by atoms with van der Waals surface area (Å²) in [6.45, 7) is 2.48. The number of anilines is 2. The third-order valence-corrected chi connectivity index (χ3v) is 4.28. The van der Waals surface area contributed by atoms with Crippen LogP contribution in [-0.4, -0.2) is 18.4 Å². The molecule has 1 atom stereocenters. The van der Waals surface area contributed by atoms with Crippen molar-refractivity contribution in [3.63, 3.8) is 0 Å². The summed E-state index contributed by atoms with van der Waals surface area (Å²) in [4.78, 5) is 27.1. The maximum absolute atomic E-state index is 13.0. The molecule has 2 amide bonds. The molecule has 22 heavy (non-hydrogen) atoms. The van der Waals surface area contributed by atoms with Crippen molar-refractivity contribution >= 4 is 23.2 Å². The monoisotopic (exact) mass is 293 g/mol. The standard InChI is InChI=1S/C17H15N3O2/c1-2-20-14-10-6-4-8-12(14)17(16(20)22)18-13-9-5-3-7-11(13)15(21)19-17/h3-10,18H,2H2,1H3,(H,19,21). The van der Waals surface area contributed by atoms with Crippen molar-refractivity contribution in [2.45, 2.75) is 12.6 Å². The minimum atomic E-state index is -1.21. The first-order valence-electron chi connectivity index (χ1n) is 7.28. The molecule has 0 bridgehead atoms. The van der Waals surface area contributed by atoms with Gasteiger partial charge in [-0.1, -0.05) is 30.3 Å². The van der Waals surface area contributed by atoms with Gasteiger partial charge in [-0.3, -0.25) is 9.59 Å². The van der Waals surface area contributed by atoms with E-state index in [4.69, 9.17) is 0 Å². The largest absolute Gasteiger partial charge is 0.350 e. The highest BCUT2D eigenvalue weighted by atomic mass is 16.2. The lowest BCUT2D eigenvalue weighted by Crippen LogP contribution is -2.60. The average molecular weight is 293 g/mol. The minimum Gasteiger partial charge on any atom is -0.350 e. The molecule has 4 rings (SSSR count). The van der Waals surface area contributed by atoms with Crippen LogP contribution in [0.1, 0.15) is 22.8 Å². The molecule has 0 fully saturated rings. The summed E-state index contributed by atoms with van der Waals surface area (Å²) in [7, 11) is 0. The van der Waals surface area contributed by atoms with Crippen molar-refractivity contribution in [3.8, 4) is 0 Å². The summed E-state index contributed by atoms with van der Waals surface area (Å²) < 4.78 is 0. The van der Waals surface area contributed by atoms with E-state index < -0.39 is 5.66 Å². The van der Waals surface area contributed by atoms with Gasteiger partial charge in [-0.25, -0.2) is 0 Å². The summed E-state index contributed by atoms with van der Waals surface area (Å²) in [5, 5.41) is 6.13. The zero-order chi connectivity index (χ0) is 15.3. The number of fused-ring (bicyclic) bond motifs is 3. The Labute approximate surface area is 127 Å². The Balaban J connectivity index is 1.93. The SMILES string of the molecule is CCN1C(=O)C2(NC(=O)c3ccccc3N2)c2ccccc21. The molecule has 2 aliphatic heterocycles. The van der Waals surface area contributed by atoms with E-state index in [0.717, 1.165) is 11.3 Å². The van der Waals surface area contributed by atoms with Crippen molar-refractivity contribution in [2.75, 3.05) is 16.8 Å². The van der Waals surface area contributed by atoms with Gasteiger partial charge in [0.05, 0.1) is 11.3 Å². The lowest BCUT2D eigenvalue weighted by molar-refractivity contribution is -0.123. The maximum atomic E-state index is 13.0. The zero-order valence-corrected chi connectivity index (χ0v) is 12.1. The van der Waals surface area contributed by atoms with Gasteiger partial charge < -0.3 is 15.5 Å². The lowest BCUT2D eigenvalue weighted by Gasteiger charge is -2.36. The topological polar surface area (TPSA) is 61.4 Å². The summed E-state index contributed by atoms with van der Waals surface area (Å²) in [5.74, 6) is -0.394. The molecule has 0 aliphatic carbocycles. The molecule has 1 unspecified atom stereocenters. The van der Waals surface area contributed by atoms with Gasteiger partial charge >= 0.3 is 0 Å². The number of amides is 2. The molecule has 0 radical (unpaired) electrons. The quantitative estimate of drug-likeness (QED) is 0.846. The number of likely N-dealkylation sites (N-methyl/N-ethyl adjacent to an activating group) is 1. The van der Waals surface area contributed by atoms with Crippen LogP contribution in [0.2, 0.25) is 0 Å². The van der Waals surface area contributed by atoms with Crippen molar-refractivity contribution < 1.29 is 9.59 Å². The molecule has 0 aromatic heterocycles. The summed E-state index contributed by atoms with van der Waals surface area (Å²) in [6.07, 6.45) is 0. The molecule has 2 aromatic rings. The molecule has 5 nitrogen and oxygen atoms in total. The molecule has 0 saturated heterocycles. The van der Waals surface area contributed by atoms with E-state index in [9.17, 15) is 9.59 Å². The zero-order valence-electron chi connectivity index (χ0n) is 12.1. The fraction of sp³-hybridized carbons (Fsp3) is 0.176. The van der Waals surface area contributed by atoms with Gasteiger partial charge in [0.2, 0.25) is 5.66 Å².